The molecule has 1 aliphatic rings. The summed E-state index contributed by atoms with van der Waals surface area (Å²) in [5.41, 5.74) is 4.28. The summed E-state index contributed by atoms with van der Waals surface area (Å²) in [6.07, 6.45) is -2.89. The minimum atomic E-state index is -4.68. The molecule has 186 valence electrons. The Balaban J connectivity index is 1.14. The number of rotatable bonds is 6. The Labute approximate surface area is 206 Å². The zero-order chi connectivity index (χ0) is 25.1. The van der Waals surface area contributed by atoms with E-state index in [4.69, 9.17) is 0 Å². The molecule has 0 bridgehead atoms. The summed E-state index contributed by atoms with van der Waals surface area (Å²) < 4.78 is 40.9. The molecule has 36 heavy (non-hydrogen) atoms. The summed E-state index contributed by atoms with van der Waals surface area (Å²) >= 11 is 0. The number of ether oxygens (including phenoxy) is 1. The molecule has 0 saturated carbocycles. The van der Waals surface area contributed by atoms with Crippen LogP contribution >= 0.6 is 0 Å². The van der Waals surface area contributed by atoms with Gasteiger partial charge in [-0.25, -0.2) is 0 Å². The molecular formula is C27H25F3N4O2. The summed E-state index contributed by atoms with van der Waals surface area (Å²) in [6.45, 7) is 4.87. The molecule has 1 N–H and O–H groups in total. The predicted octanol–water partition coefficient (Wildman–Crippen LogP) is 4.81. The topological polar surface area (TPSA) is 61.5 Å². The molecule has 5 rings (SSSR count). The molecule has 0 unspecified atom stereocenters. The van der Waals surface area contributed by atoms with Crippen LogP contribution in [0.2, 0.25) is 0 Å². The van der Waals surface area contributed by atoms with Crippen molar-refractivity contribution in [3.63, 3.8) is 0 Å². The number of nitrogens with zero attached hydrogens (tertiary/aromatic N) is 3. The van der Waals surface area contributed by atoms with E-state index in [9.17, 15) is 18.0 Å². The van der Waals surface area contributed by atoms with E-state index >= 15 is 0 Å². The predicted molar refractivity (Wildman–Crippen MR) is 131 cm³/mol. The number of aromatic amines is 1. The van der Waals surface area contributed by atoms with Crippen molar-refractivity contribution in [3.05, 3.63) is 94.4 Å². The maximum Gasteiger partial charge on any atom is 0.573 e. The number of benzene rings is 2. The van der Waals surface area contributed by atoms with Crippen molar-refractivity contribution in [1.82, 2.24) is 19.8 Å². The first kappa shape index (κ1) is 24.0. The van der Waals surface area contributed by atoms with Crippen LogP contribution in [0.5, 0.6) is 5.75 Å². The van der Waals surface area contributed by atoms with Crippen molar-refractivity contribution in [2.75, 3.05) is 26.2 Å². The van der Waals surface area contributed by atoms with Gasteiger partial charge in [-0.1, -0.05) is 24.3 Å². The van der Waals surface area contributed by atoms with Gasteiger partial charge in [0.1, 0.15) is 5.75 Å². The lowest BCUT2D eigenvalue weighted by Crippen LogP contribution is -2.45. The number of piperazine rings is 1. The van der Waals surface area contributed by atoms with Gasteiger partial charge >= 0.3 is 6.36 Å². The van der Waals surface area contributed by atoms with Gasteiger partial charge in [-0.2, -0.15) is 0 Å². The van der Waals surface area contributed by atoms with E-state index < -0.39 is 6.36 Å². The second-order valence-corrected chi connectivity index (χ2v) is 8.88. The maximum absolute atomic E-state index is 12.4. The molecule has 0 spiro atoms. The lowest BCUT2D eigenvalue weighted by atomic mass is 10.1. The minimum Gasteiger partial charge on any atom is -0.406 e. The second-order valence-electron chi connectivity index (χ2n) is 8.88. The van der Waals surface area contributed by atoms with Gasteiger partial charge in [-0.3, -0.25) is 19.6 Å². The number of aromatic nitrogens is 2. The van der Waals surface area contributed by atoms with Gasteiger partial charge in [0, 0.05) is 68.0 Å². The first-order valence-electron chi connectivity index (χ1n) is 11.7. The number of H-pyrrole nitrogens is 1. The van der Waals surface area contributed by atoms with Gasteiger partial charge in [-0.05, 0) is 42.0 Å². The summed E-state index contributed by atoms with van der Waals surface area (Å²) in [5.74, 6) is -0.207. The van der Waals surface area contributed by atoms with E-state index in [1.165, 1.54) is 12.1 Å². The normalized spacial score (nSPS) is 15.3. The number of fused-ring (bicyclic) bond motifs is 1. The molecular weight excluding hydrogens is 469 g/mol. The highest BCUT2D eigenvalue weighted by Gasteiger charge is 2.31. The average molecular weight is 495 g/mol. The molecule has 1 saturated heterocycles. The Morgan fingerprint density at radius 2 is 1.58 bits per heavy atom. The zero-order valence-corrected chi connectivity index (χ0v) is 19.5. The van der Waals surface area contributed by atoms with Crippen LogP contribution in [0.3, 0.4) is 0 Å². The Hall–Kier alpha value is -3.69. The Morgan fingerprint density at radius 3 is 2.25 bits per heavy atom. The van der Waals surface area contributed by atoms with Crippen molar-refractivity contribution < 1.29 is 17.9 Å². The molecule has 9 heteroatoms. The van der Waals surface area contributed by atoms with Crippen molar-refractivity contribution in [1.29, 1.82) is 0 Å². The molecule has 0 amide bonds. The van der Waals surface area contributed by atoms with Gasteiger partial charge in [-0.15, -0.1) is 13.2 Å². The SMILES string of the molecule is O=c1cc(-c2ccc(CN3CCN(Cc4ccc(OC(F)(F)F)cc4)CC3)nc2)[nH]c2ccccc12. The van der Waals surface area contributed by atoms with Gasteiger partial charge in [0.2, 0.25) is 0 Å². The van der Waals surface area contributed by atoms with Crippen LogP contribution in [0.4, 0.5) is 13.2 Å². The van der Waals surface area contributed by atoms with Crippen molar-refractivity contribution in [3.8, 4) is 17.0 Å². The molecule has 3 heterocycles. The molecule has 4 aromatic rings. The molecule has 2 aromatic carbocycles. The number of halogens is 3. The van der Waals surface area contributed by atoms with E-state index in [0.29, 0.717) is 11.9 Å². The molecule has 2 aromatic heterocycles. The summed E-state index contributed by atoms with van der Waals surface area (Å²) in [7, 11) is 0. The fourth-order valence-corrected chi connectivity index (χ4v) is 4.42. The van der Waals surface area contributed by atoms with Crippen LogP contribution in [0.15, 0.2) is 77.7 Å². The zero-order valence-electron chi connectivity index (χ0n) is 19.5. The number of hydrogen-bond donors (Lipinski definition) is 1. The lowest BCUT2D eigenvalue weighted by molar-refractivity contribution is -0.274. The Morgan fingerprint density at radius 1 is 0.889 bits per heavy atom. The van der Waals surface area contributed by atoms with E-state index in [1.54, 1.807) is 24.4 Å². The van der Waals surface area contributed by atoms with Crippen LogP contribution in [-0.4, -0.2) is 52.3 Å². The number of alkyl halides is 3. The monoisotopic (exact) mass is 494 g/mol. The van der Waals surface area contributed by atoms with Gasteiger partial charge < -0.3 is 9.72 Å². The van der Waals surface area contributed by atoms with Gasteiger partial charge in [0.05, 0.1) is 11.4 Å². The molecule has 1 aliphatic heterocycles. The lowest BCUT2D eigenvalue weighted by Gasteiger charge is -2.34. The number of hydrogen-bond acceptors (Lipinski definition) is 5. The van der Waals surface area contributed by atoms with Crippen LogP contribution in [0.25, 0.3) is 22.2 Å². The number of para-hydroxylation sites is 1. The largest absolute Gasteiger partial charge is 0.573 e. The smallest absolute Gasteiger partial charge is 0.406 e. The van der Waals surface area contributed by atoms with Crippen molar-refractivity contribution in [2.24, 2.45) is 0 Å². The van der Waals surface area contributed by atoms with E-state index in [2.05, 4.69) is 24.5 Å². The average Bonchev–Trinajstić information content (AvgIpc) is 2.86. The van der Waals surface area contributed by atoms with E-state index in [1.807, 2.05) is 36.4 Å². The van der Waals surface area contributed by atoms with Crippen LogP contribution in [0, 0.1) is 0 Å². The summed E-state index contributed by atoms with van der Waals surface area (Å²) in [6, 6.07) is 19.0. The quantitative estimate of drug-likeness (QED) is 0.417. The summed E-state index contributed by atoms with van der Waals surface area (Å²) in [5, 5.41) is 0.664. The fraction of sp³-hybridized carbons (Fsp3) is 0.259. The third-order valence-corrected chi connectivity index (χ3v) is 6.29. The molecule has 0 radical (unpaired) electrons. The first-order valence-corrected chi connectivity index (χ1v) is 11.7. The standard InChI is InChI=1S/C27H25F3N4O2/c28-27(29,30)36-22-9-5-19(6-10-22)17-33-11-13-34(14-12-33)18-21-8-7-20(16-31-21)25-15-26(35)23-3-1-2-4-24(23)32-25/h1-10,15-16H,11-14,17-18H2,(H,32,35). The highest BCUT2D eigenvalue weighted by molar-refractivity contribution is 5.81. The van der Waals surface area contributed by atoms with Crippen LogP contribution < -0.4 is 10.2 Å². The maximum atomic E-state index is 12.4. The Kier molecular flexibility index (Phi) is 6.75. The van der Waals surface area contributed by atoms with Crippen LogP contribution in [0.1, 0.15) is 11.3 Å². The number of nitrogens with one attached hydrogen (secondary N) is 1. The highest BCUT2D eigenvalue weighted by atomic mass is 19.4. The Bertz CT molecular complexity index is 1380. The highest BCUT2D eigenvalue weighted by Crippen LogP contribution is 2.23. The third-order valence-electron chi connectivity index (χ3n) is 6.29. The second kappa shape index (κ2) is 10.1. The third kappa shape index (κ3) is 5.92. The number of pyridine rings is 2. The van der Waals surface area contributed by atoms with Gasteiger partial charge in [0.25, 0.3) is 0 Å². The molecule has 0 atom stereocenters. The molecule has 6 nitrogen and oxygen atoms in total. The van der Waals surface area contributed by atoms with Crippen molar-refractivity contribution >= 4 is 10.9 Å². The summed E-state index contributed by atoms with van der Waals surface area (Å²) in [4.78, 5) is 24.9. The molecule has 0 aliphatic carbocycles. The van der Waals surface area contributed by atoms with E-state index in [-0.39, 0.29) is 11.2 Å². The molecule has 1 fully saturated rings. The van der Waals surface area contributed by atoms with E-state index in [0.717, 1.165) is 60.8 Å². The van der Waals surface area contributed by atoms with Gasteiger partial charge in [0.15, 0.2) is 5.43 Å². The van der Waals surface area contributed by atoms with Crippen molar-refractivity contribution in [2.45, 2.75) is 19.5 Å². The fourth-order valence-electron chi connectivity index (χ4n) is 4.42. The minimum absolute atomic E-state index is 0.0214. The first-order chi connectivity index (χ1) is 17.3. The van der Waals surface area contributed by atoms with Crippen LogP contribution in [-0.2, 0) is 13.1 Å².